The second kappa shape index (κ2) is 5.38. The molecule has 2 aromatic heterocycles. The van der Waals surface area contributed by atoms with Gasteiger partial charge < -0.3 is 15.5 Å². The van der Waals surface area contributed by atoms with Crippen LogP contribution in [-0.4, -0.2) is 27.0 Å². The van der Waals surface area contributed by atoms with Crippen LogP contribution in [0.15, 0.2) is 35.7 Å². The first-order valence-electron chi connectivity index (χ1n) is 5.97. The van der Waals surface area contributed by atoms with E-state index < -0.39 is 0 Å². The zero-order valence-corrected chi connectivity index (χ0v) is 11.6. The Morgan fingerprint density at radius 2 is 2.20 bits per heavy atom. The Morgan fingerprint density at radius 3 is 2.95 bits per heavy atom. The molecule has 0 amide bonds. The molecule has 0 aliphatic carbocycles. The fraction of sp³-hybridized carbons (Fsp3) is 0.154. The first-order valence-corrected chi connectivity index (χ1v) is 6.96. The van der Waals surface area contributed by atoms with Crippen molar-refractivity contribution in [3.63, 3.8) is 0 Å². The van der Waals surface area contributed by atoms with Gasteiger partial charge in [-0.25, -0.2) is 9.97 Å². The van der Waals surface area contributed by atoms with Crippen LogP contribution in [-0.2, 0) is 5.75 Å². The van der Waals surface area contributed by atoms with E-state index in [4.69, 9.17) is 10.5 Å². The van der Waals surface area contributed by atoms with Gasteiger partial charge in [-0.15, -0.1) is 0 Å². The molecular weight excluding hydrogens is 274 g/mol. The average Bonchev–Trinajstić information content (AvgIpc) is 2.88. The summed E-state index contributed by atoms with van der Waals surface area (Å²) in [6.07, 6.45) is 3.23. The van der Waals surface area contributed by atoms with Gasteiger partial charge in [0.15, 0.2) is 5.16 Å². The van der Waals surface area contributed by atoms with Gasteiger partial charge in [0, 0.05) is 11.8 Å². The minimum Gasteiger partial charge on any atom is -0.497 e. The SMILES string of the molecule is COc1ccc2nc(SCc3cnc(N)cn3)[nH]c2c1. The van der Waals surface area contributed by atoms with Gasteiger partial charge in [-0.3, -0.25) is 4.98 Å². The zero-order valence-electron chi connectivity index (χ0n) is 10.8. The Labute approximate surface area is 119 Å². The molecule has 0 aliphatic heterocycles. The monoisotopic (exact) mass is 287 g/mol. The number of nitrogens with zero attached hydrogens (tertiary/aromatic N) is 3. The summed E-state index contributed by atoms with van der Waals surface area (Å²) in [6.45, 7) is 0. The lowest BCUT2D eigenvalue weighted by Gasteiger charge is -1.98. The number of hydrogen-bond donors (Lipinski definition) is 2. The highest BCUT2D eigenvalue weighted by Gasteiger charge is 2.05. The summed E-state index contributed by atoms with van der Waals surface area (Å²) in [5, 5.41) is 0.840. The van der Waals surface area contributed by atoms with Crippen molar-refractivity contribution < 1.29 is 4.74 Å². The van der Waals surface area contributed by atoms with Gasteiger partial charge in [0.2, 0.25) is 0 Å². The minimum absolute atomic E-state index is 0.426. The van der Waals surface area contributed by atoms with Crippen molar-refractivity contribution in [2.45, 2.75) is 10.9 Å². The van der Waals surface area contributed by atoms with Crippen molar-refractivity contribution in [3.05, 3.63) is 36.3 Å². The molecule has 7 heteroatoms. The largest absolute Gasteiger partial charge is 0.497 e. The Kier molecular flexibility index (Phi) is 3.42. The molecule has 3 rings (SSSR count). The van der Waals surface area contributed by atoms with E-state index in [-0.39, 0.29) is 0 Å². The molecule has 0 unspecified atom stereocenters. The van der Waals surface area contributed by atoms with Crippen LogP contribution in [0.1, 0.15) is 5.69 Å². The summed E-state index contributed by atoms with van der Waals surface area (Å²) in [5.74, 6) is 1.92. The molecule has 0 aliphatic rings. The highest BCUT2D eigenvalue weighted by Crippen LogP contribution is 2.24. The number of methoxy groups -OCH3 is 1. The van der Waals surface area contributed by atoms with E-state index in [1.807, 2.05) is 18.2 Å². The summed E-state index contributed by atoms with van der Waals surface area (Å²) >= 11 is 1.57. The third-order valence-electron chi connectivity index (χ3n) is 2.75. The molecular formula is C13H13N5OS. The summed E-state index contributed by atoms with van der Waals surface area (Å²) in [5.41, 5.74) is 8.23. The number of nitrogens with one attached hydrogen (secondary N) is 1. The highest BCUT2D eigenvalue weighted by molar-refractivity contribution is 7.98. The van der Waals surface area contributed by atoms with Crippen molar-refractivity contribution in [1.82, 2.24) is 19.9 Å². The number of nitrogen functional groups attached to an aromatic ring is 1. The average molecular weight is 287 g/mol. The molecule has 0 saturated heterocycles. The molecule has 1 aromatic carbocycles. The molecule has 0 saturated carbocycles. The van der Waals surface area contributed by atoms with Gasteiger partial charge in [-0.2, -0.15) is 0 Å². The Morgan fingerprint density at radius 1 is 1.30 bits per heavy atom. The smallest absolute Gasteiger partial charge is 0.166 e. The molecule has 3 N–H and O–H groups in total. The predicted molar refractivity (Wildman–Crippen MR) is 78.7 cm³/mol. The number of nitrogens with two attached hydrogens (primary N) is 1. The minimum atomic E-state index is 0.426. The molecule has 0 fully saturated rings. The maximum atomic E-state index is 5.50. The number of H-pyrrole nitrogens is 1. The molecule has 3 aromatic rings. The van der Waals surface area contributed by atoms with Crippen molar-refractivity contribution in [2.75, 3.05) is 12.8 Å². The first kappa shape index (κ1) is 12.7. The molecule has 0 spiro atoms. The van der Waals surface area contributed by atoms with Gasteiger partial charge in [0.25, 0.3) is 0 Å². The molecule has 0 bridgehead atoms. The number of aromatic nitrogens is 4. The predicted octanol–water partition coefficient (Wildman–Crippen LogP) is 2.24. The van der Waals surface area contributed by atoms with Gasteiger partial charge in [-0.1, -0.05) is 11.8 Å². The van der Waals surface area contributed by atoms with E-state index in [2.05, 4.69) is 19.9 Å². The molecule has 0 atom stereocenters. The van der Waals surface area contributed by atoms with E-state index >= 15 is 0 Å². The quantitative estimate of drug-likeness (QED) is 0.715. The number of aromatic amines is 1. The van der Waals surface area contributed by atoms with E-state index in [0.29, 0.717) is 11.6 Å². The number of fused-ring (bicyclic) bond motifs is 1. The Balaban J connectivity index is 1.75. The summed E-state index contributed by atoms with van der Waals surface area (Å²) < 4.78 is 5.19. The van der Waals surface area contributed by atoms with Crippen LogP contribution in [0.4, 0.5) is 5.82 Å². The second-order valence-corrected chi connectivity index (χ2v) is 5.11. The number of hydrogen-bond acceptors (Lipinski definition) is 6. The van der Waals surface area contributed by atoms with E-state index in [1.54, 1.807) is 31.3 Å². The van der Waals surface area contributed by atoms with Crippen LogP contribution in [0.5, 0.6) is 5.75 Å². The van der Waals surface area contributed by atoms with Gasteiger partial charge in [0.1, 0.15) is 11.6 Å². The zero-order chi connectivity index (χ0) is 13.9. The van der Waals surface area contributed by atoms with Crippen molar-refractivity contribution in [3.8, 4) is 5.75 Å². The van der Waals surface area contributed by atoms with E-state index in [1.165, 1.54) is 0 Å². The van der Waals surface area contributed by atoms with E-state index in [9.17, 15) is 0 Å². The number of ether oxygens (including phenoxy) is 1. The topological polar surface area (TPSA) is 89.7 Å². The Bertz CT molecular complexity index is 725. The molecule has 20 heavy (non-hydrogen) atoms. The molecule has 0 radical (unpaired) electrons. The first-order chi connectivity index (χ1) is 9.74. The highest BCUT2D eigenvalue weighted by atomic mass is 32.2. The molecule has 6 nitrogen and oxygen atoms in total. The van der Waals surface area contributed by atoms with Gasteiger partial charge >= 0.3 is 0 Å². The van der Waals surface area contributed by atoms with Gasteiger partial charge in [0.05, 0.1) is 36.2 Å². The van der Waals surface area contributed by atoms with Crippen LogP contribution < -0.4 is 10.5 Å². The summed E-state index contributed by atoms with van der Waals surface area (Å²) in [6, 6.07) is 5.75. The van der Waals surface area contributed by atoms with Gasteiger partial charge in [-0.05, 0) is 12.1 Å². The number of rotatable bonds is 4. The molecule has 2 heterocycles. The maximum Gasteiger partial charge on any atom is 0.166 e. The lowest BCUT2D eigenvalue weighted by atomic mass is 10.3. The standard InChI is InChI=1S/C13H13N5OS/c1-19-9-2-3-10-11(4-9)18-13(17-10)20-7-8-5-16-12(14)6-15-8/h2-6H,7H2,1H3,(H2,14,16)(H,17,18). The van der Waals surface area contributed by atoms with Crippen LogP contribution in [0.3, 0.4) is 0 Å². The van der Waals surface area contributed by atoms with E-state index in [0.717, 1.165) is 27.6 Å². The number of thioether (sulfide) groups is 1. The van der Waals surface area contributed by atoms with Crippen LogP contribution >= 0.6 is 11.8 Å². The van der Waals surface area contributed by atoms with Crippen molar-refractivity contribution >= 4 is 28.6 Å². The van der Waals surface area contributed by atoms with Crippen LogP contribution in [0, 0.1) is 0 Å². The Hall–Kier alpha value is -2.28. The lowest BCUT2D eigenvalue weighted by molar-refractivity contribution is 0.415. The van der Waals surface area contributed by atoms with Crippen LogP contribution in [0.2, 0.25) is 0 Å². The fourth-order valence-electron chi connectivity index (χ4n) is 1.74. The number of anilines is 1. The molecule has 102 valence electrons. The van der Waals surface area contributed by atoms with Crippen molar-refractivity contribution in [2.24, 2.45) is 0 Å². The third kappa shape index (κ3) is 2.67. The number of benzene rings is 1. The lowest BCUT2D eigenvalue weighted by Crippen LogP contribution is -1.94. The fourth-order valence-corrected chi connectivity index (χ4v) is 2.52. The van der Waals surface area contributed by atoms with Crippen LogP contribution in [0.25, 0.3) is 11.0 Å². The third-order valence-corrected chi connectivity index (χ3v) is 3.66. The summed E-state index contributed by atoms with van der Waals surface area (Å²) in [4.78, 5) is 16.0. The van der Waals surface area contributed by atoms with Crippen molar-refractivity contribution in [1.29, 1.82) is 0 Å². The normalized spacial score (nSPS) is 10.8. The second-order valence-electron chi connectivity index (χ2n) is 4.15. The number of imidazole rings is 1. The summed E-state index contributed by atoms with van der Waals surface area (Å²) in [7, 11) is 1.65. The maximum absolute atomic E-state index is 5.50.